The Labute approximate surface area is 96.5 Å². The number of carbonyl (C=O) groups excluding carboxylic acids is 2. The molecule has 1 N–H and O–H groups in total. The summed E-state index contributed by atoms with van der Waals surface area (Å²) in [4.78, 5) is 36.4. The van der Waals surface area contributed by atoms with Crippen LogP contribution in [0.2, 0.25) is 0 Å². The zero-order chi connectivity index (χ0) is 12.8. The summed E-state index contributed by atoms with van der Waals surface area (Å²) < 4.78 is 0. The standard InChI is InChI=1S/C10H10N2O5/c1-2-9(13)17-11-10(14)7-3-5-8(6-4-7)12(15)16/h3-6H,2H2,1H3,(H,11,14). The molecule has 0 radical (unpaired) electrons. The van der Waals surface area contributed by atoms with Crippen molar-refractivity contribution in [3.8, 4) is 0 Å². The minimum Gasteiger partial charge on any atom is -0.341 e. The number of benzene rings is 1. The molecule has 0 aliphatic rings. The molecule has 0 fully saturated rings. The van der Waals surface area contributed by atoms with Gasteiger partial charge in [-0.15, -0.1) is 0 Å². The van der Waals surface area contributed by atoms with Gasteiger partial charge in [0, 0.05) is 24.1 Å². The molecule has 0 heterocycles. The Bertz CT molecular complexity index is 441. The van der Waals surface area contributed by atoms with Gasteiger partial charge >= 0.3 is 5.97 Å². The van der Waals surface area contributed by atoms with E-state index >= 15 is 0 Å². The Morgan fingerprint density at radius 1 is 1.35 bits per heavy atom. The van der Waals surface area contributed by atoms with Crippen molar-refractivity contribution in [3.05, 3.63) is 39.9 Å². The van der Waals surface area contributed by atoms with E-state index in [1.807, 2.05) is 5.48 Å². The minimum absolute atomic E-state index is 0.118. The van der Waals surface area contributed by atoms with Gasteiger partial charge < -0.3 is 4.84 Å². The van der Waals surface area contributed by atoms with Crippen LogP contribution in [0.4, 0.5) is 5.69 Å². The molecule has 7 nitrogen and oxygen atoms in total. The van der Waals surface area contributed by atoms with Crippen molar-refractivity contribution in [2.45, 2.75) is 13.3 Å². The van der Waals surface area contributed by atoms with Gasteiger partial charge in [-0.2, -0.15) is 5.48 Å². The highest BCUT2D eigenvalue weighted by molar-refractivity contribution is 5.94. The normalized spacial score (nSPS) is 9.47. The molecule has 0 aliphatic carbocycles. The predicted molar refractivity (Wildman–Crippen MR) is 56.9 cm³/mol. The number of nitro benzene ring substituents is 1. The Hall–Kier alpha value is -2.44. The van der Waals surface area contributed by atoms with E-state index in [0.717, 1.165) is 0 Å². The van der Waals surface area contributed by atoms with E-state index in [9.17, 15) is 19.7 Å². The van der Waals surface area contributed by atoms with Crippen LogP contribution >= 0.6 is 0 Å². The summed E-state index contributed by atoms with van der Waals surface area (Å²) in [6.45, 7) is 1.58. The van der Waals surface area contributed by atoms with Crippen LogP contribution in [-0.4, -0.2) is 16.8 Å². The van der Waals surface area contributed by atoms with E-state index in [4.69, 9.17) is 0 Å². The second kappa shape index (κ2) is 5.59. The third-order valence-corrected chi connectivity index (χ3v) is 1.89. The zero-order valence-electron chi connectivity index (χ0n) is 9.00. The van der Waals surface area contributed by atoms with E-state index in [-0.39, 0.29) is 17.7 Å². The smallest absolute Gasteiger partial charge is 0.331 e. The van der Waals surface area contributed by atoms with Crippen molar-refractivity contribution in [3.63, 3.8) is 0 Å². The first kappa shape index (κ1) is 12.6. The lowest BCUT2D eigenvalue weighted by Gasteiger charge is -2.03. The average molecular weight is 238 g/mol. The number of non-ortho nitro benzene ring substituents is 1. The lowest BCUT2D eigenvalue weighted by molar-refractivity contribution is -0.384. The van der Waals surface area contributed by atoms with Crippen molar-refractivity contribution in [2.75, 3.05) is 0 Å². The maximum atomic E-state index is 11.4. The van der Waals surface area contributed by atoms with Crippen molar-refractivity contribution in [2.24, 2.45) is 0 Å². The van der Waals surface area contributed by atoms with Gasteiger partial charge in [-0.1, -0.05) is 6.92 Å². The van der Waals surface area contributed by atoms with Crippen LogP contribution in [0.5, 0.6) is 0 Å². The van der Waals surface area contributed by atoms with Crippen LogP contribution in [-0.2, 0) is 9.63 Å². The summed E-state index contributed by atoms with van der Waals surface area (Å²) in [7, 11) is 0. The van der Waals surface area contributed by atoms with Crippen molar-refractivity contribution >= 4 is 17.6 Å². The van der Waals surface area contributed by atoms with Gasteiger partial charge in [-0.25, -0.2) is 4.79 Å². The quantitative estimate of drug-likeness (QED) is 0.630. The average Bonchev–Trinajstić information content (AvgIpc) is 2.35. The summed E-state index contributed by atoms with van der Waals surface area (Å²) in [6.07, 6.45) is 0.139. The summed E-state index contributed by atoms with van der Waals surface area (Å²) >= 11 is 0. The van der Waals surface area contributed by atoms with Gasteiger partial charge in [0.05, 0.1) is 4.92 Å². The van der Waals surface area contributed by atoms with E-state index in [1.165, 1.54) is 24.3 Å². The second-order valence-electron chi connectivity index (χ2n) is 3.06. The monoisotopic (exact) mass is 238 g/mol. The summed E-state index contributed by atoms with van der Waals surface area (Å²) in [5.41, 5.74) is 1.99. The molecule has 0 aliphatic heterocycles. The van der Waals surface area contributed by atoms with Crippen molar-refractivity contribution in [1.82, 2.24) is 5.48 Å². The molecule has 7 heteroatoms. The number of amides is 1. The summed E-state index contributed by atoms with van der Waals surface area (Å²) in [6, 6.07) is 4.92. The highest BCUT2D eigenvalue weighted by Gasteiger charge is 2.10. The van der Waals surface area contributed by atoms with Crippen LogP contribution in [0.25, 0.3) is 0 Å². The van der Waals surface area contributed by atoms with Gasteiger partial charge in [0.25, 0.3) is 11.6 Å². The molecule has 0 aromatic heterocycles. The van der Waals surface area contributed by atoms with Gasteiger partial charge in [-0.05, 0) is 12.1 Å². The first-order valence-electron chi connectivity index (χ1n) is 4.79. The van der Waals surface area contributed by atoms with Crippen LogP contribution in [0.1, 0.15) is 23.7 Å². The number of rotatable bonds is 3. The Morgan fingerprint density at radius 2 is 1.94 bits per heavy atom. The summed E-state index contributed by atoms with van der Waals surface area (Å²) in [5.74, 6) is -1.21. The molecule has 1 amide bonds. The molecular formula is C10H10N2O5. The first-order valence-corrected chi connectivity index (χ1v) is 4.79. The van der Waals surface area contributed by atoms with Crippen LogP contribution in [0, 0.1) is 10.1 Å². The Kier molecular flexibility index (Phi) is 4.15. The largest absolute Gasteiger partial charge is 0.341 e. The molecule has 0 atom stereocenters. The third kappa shape index (κ3) is 3.56. The maximum absolute atomic E-state index is 11.4. The van der Waals surface area contributed by atoms with Crippen LogP contribution in [0.3, 0.4) is 0 Å². The van der Waals surface area contributed by atoms with Gasteiger partial charge in [0.2, 0.25) is 0 Å². The number of hydrogen-bond donors (Lipinski definition) is 1. The molecule has 0 saturated carbocycles. The topological polar surface area (TPSA) is 98.5 Å². The number of nitro groups is 1. The van der Waals surface area contributed by atoms with E-state index in [0.29, 0.717) is 0 Å². The molecule has 1 aromatic carbocycles. The number of carbonyl (C=O) groups is 2. The SMILES string of the molecule is CCC(=O)ONC(=O)c1ccc([N+](=O)[O-])cc1. The van der Waals surface area contributed by atoms with Crippen molar-refractivity contribution in [1.29, 1.82) is 0 Å². The fraction of sp³-hybridized carbons (Fsp3) is 0.200. The summed E-state index contributed by atoms with van der Waals surface area (Å²) in [5, 5.41) is 10.4. The lowest BCUT2D eigenvalue weighted by atomic mass is 10.2. The molecule has 17 heavy (non-hydrogen) atoms. The lowest BCUT2D eigenvalue weighted by Crippen LogP contribution is -2.26. The van der Waals surface area contributed by atoms with E-state index in [1.54, 1.807) is 6.92 Å². The van der Waals surface area contributed by atoms with E-state index < -0.39 is 16.8 Å². The van der Waals surface area contributed by atoms with Gasteiger partial charge in [-0.3, -0.25) is 14.9 Å². The Balaban J connectivity index is 2.64. The van der Waals surface area contributed by atoms with Gasteiger partial charge in [0.1, 0.15) is 0 Å². The second-order valence-corrected chi connectivity index (χ2v) is 3.06. The molecule has 90 valence electrons. The molecule has 0 bridgehead atoms. The fourth-order valence-corrected chi connectivity index (χ4v) is 0.969. The number of hydroxylamine groups is 1. The molecule has 0 saturated heterocycles. The molecule has 0 spiro atoms. The maximum Gasteiger partial charge on any atom is 0.331 e. The van der Waals surface area contributed by atoms with Crippen molar-refractivity contribution < 1.29 is 19.3 Å². The first-order chi connectivity index (χ1) is 8.04. The number of nitrogens with zero attached hydrogens (tertiary/aromatic N) is 1. The molecular weight excluding hydrogens is 228 g/mol. The number of nitrogens with one attached hydrogen (secondary N) is 1. The highest BCUT2D eigenvalue weighted by atomic mass is 16.7. The molecule has 0 unspecified atom stereocenters. The zero-order valence-corrected chi connectivity index (χ0v) is 9.00. The van der Waals surface area contributed by atoms with E-state index in [2.05, 4.69) is 4.84 Å². The molecule has 1 aromatic rings. The minimum atomic E-state index is -0.637. The fourth-order valence-electron chi connectivity index (χ4n) is 0.969. The molecule has 1 rings (SSSR count). The highest BCUT2D eigenvalue weighted by Crippen LogP contribution is 2.11. The van der Waals surface area contributed by atoms with Crippen LogP contribution in [0.15, 0.2) is 24.3 Å². The Morgan fingerprint density at radius 3 is 2.41 bits per heavy atom. The van der Waals surface area contributed by atoms with Gasteiger partial charge in [0.15, 0.2) is 0 Å². The third-order valence-electron chi connectivity index (χ3n) is 1.89. The number of hydrogen-bond acceptors (Lipinski definition) is 5. The predicted octanol–water partition coefficient (Wildman–Crippen LogP) is 1.19. The van der Waals surface area contributed by atoms with Crippen LogP contribution < -0.4 is 5.48 Å².